The quantitative estimate of drug-likeness (QED) is 0.528. The molecule has 3 aromatic carbocycles. The number of rotatable bonds is 4. The van der Waals surface area contributed by atoms with E-state index in [1.807, 2.05) is 78.9 Å². The van der Waals surface area contributed by atoms with Gasteiger partial charge in [0.25, 0.3) is 5.91 Å². The molecular weight excluding hydrogens is 433 g/mol. The summed E-state index contributed by atoms with van der Waals surface area (Å²) in [7, 11) is 0. The van der Waals surface area contributed by atoms with E-state index in [0.717, 1.165) is 14.7 Å². The van der Waals surface area contributed by atoms with Crippen LogP contribution in [0, 0.1) is 3.57 Å². The second kappa shape index (κ2) is 7.81. The van der Waals surface area contributed by atoms with Crippen molar-refractivity contribution in [2.45, 2.75) is 6.04 Å². The number of carbonyl (C=O) groups excluding carboxylic acids is 1. The highest BCUT2D eigenvalue weighted by Crippen LogP contribution is 2.24. The first-order valence-corrected chi connectivity index (χ1v) is 8.96. The highest BCUT2D eigenvalue weighted by molar-refractivity contribution is 14.1. The largest absolute Gasteiger partial charge is 0.341 e. The molecule has 0 aliphatic rings. The SMILES string of the molecule is O=C(N[C@H](c1ccccc1)c1ccc(Cl)cc1)c1ccccc1I. The number of hydrogen-bond donors (Lipinski definition) is 1. The number of halogens is 2. The maximum absolute atomic E-state index is 12.7. The number of hydrogen-bond acceptors (Lipinski definition) is 1. The Morgan fingerprint density at radius 3 is 2.08 bits per heavy atom. The molecular formula is C20H15ClINO. The minimum absolute atomic E-state index is 0.0937. The average Bonchev–Trinajstić information content (AvgIpc) is 2.61. The van der Waals surface area contributed by atoms with E-state index in [1.54, 1.807) is 0 Å². The van der Waals surface area contributed by atoms with Crippen LogP contribution in [-0.2, 0) is 0 Å². The second-order valence-electron chi connectivity index (χ2n) is 5.35. The summed E-state index contributed by atoms with van der Waals surface area (Å²) in [6.07, 6.45) is 0. The molecule has 0 heterocycles. The monoisotopic (exact) mass is 447 g/mol. The Hall–Kier alpha value is -1.85. The van der Waals surface area contributed by atoms with Crippen LogP contribution in [0.15, 0.2) is 78.9 Å². The normalized spacial score (nSPS) is 11.8. The van der Waals surface area contributed by atoms with Crippen LogP contribution < -0.4 is 5.32 Å². The van der Waals surface area contributed by atoms with Crippen LogP contribution in [0.2, 0.25) is 5.02 Å². The van der Waals surface area contributed by atoms with E-state index in [2.05, 4.69) is 27.9 Å². The van der Waals surface area contributed by atoms with Crippen LogP contribution >= 0.6 is 34.2 Å². The van der Waals surface area contributed by atoms with E-state index in [0.29, 0.717) is 10.6 Å². The molecule has 0 fully saturated rings. The lowest BCUT2D eigenvalue weighted by atomic mass is 9.98. The van der Waals surface area contributed by atoms with Crippen molar-refractivity contribution < 1.29 is 4.79 Å². The Labute approximate surface area is 160 Å². The van der Waals surface area contributed by atoms with E-state index >= 15 is 0 Å². The van der Waals surface area contributed by atoms with Crippen molar-refractivity contribution in [1.29, 1.82) is 0 Å². The number of nitrogens with one attached hydrogen (secondary N) is 1. The van der Waals surface area contributed by atoms with E-state index in [9.17, 15) is 4.79 Å². The van der Waals surface area contributed by atoms with Crippen LogP contribution in [-0.4, -0.2) is 5.91 Å². The molecule has 3 aromatic rings. The van der Waals surface area contributed by atoms with Crippen molar-refractivity contribution in [2.24, 2.45) is 0 Å². The molecule has 0 saturated carbocycles. The van der Waals surface area contributed by atoms with Gasteiger partial charge in [0.05, 0.1) is 11.6 Å². The number of benzene rings is 3. The van der Waals surface area contributed by atoms with Gasteiger partial charge < -0.3 is 5.32 Å². The van der Waals surface area contributed by atoms with Crippen molar-refractivity contribution in [3.8, 4) is 0 Å². The Bertz CT molecular complexity index is 834. The van der Waals surface area contributed by atoms with Gasteiger partial charge in [-0.3, -0.25) is 4.79 Å². The van der Waals surface area contributed by atoms with Gasteiger partial charge in [0.15, 0.2) is 0 Å². The predicted octanol–water partition coefficient (Wildman–Crippen LogP) is 5.46. The summed E-state index contributed by atoms with van der Waals surface area (Å²) in [5.41, 5.74) is 2.69. The molecule has 0 unspecified atom stereocenters. The first kappa shape index (κ1) is 17.0. The molecule has 1 atom stereocenters. The molecule has 0 spiro atoms. The van der Waals surface area contributed by atoms with E-state index in [1.165, 1.54) is 0 Å². The topological polar surface area (TPSA) is 29.1 Å². The zero-order chi connectivity index (χ0) is 16.9. The van der Waals surface area contributed by atoms with Gasteiger partial charge in [-0.05, 0) is 58.0 Å². The third-order valence-electron chi connectivity index (χ3n) is 3.73. The molecule has 0 bridgehead atoms. The fourth-order valence-electron chi connectivity index (χ4n) is 2.51. The summed E-state index contributed by atoms with van der Waals surface area (Å²) < 4.78 is 0.926. The van der Waals surface area contributed by atoms with Gasteiger partial charge in [0.1, 0.15) is 0 Å². The molecule has 0 saturated heterocycles. The van der Waals surface area contributed by atoms with E-state index in [-0.39, 0.29) is 11.9 Å². The molecule has 1 N–H and O–H groups in total. The average molecular weight is 448 g/mol. The first-order chi connectivity index (χ1) is 11.6. The zero-order valence-electron chi connectivity index (χ0n) is 12.7. The number of carbonyl (C=O) groups is 1. The summed E-state index contributed by atoms with van der Waals surface area (Å²) >= 11 is 8.17. The lowest BCUT2D eigenvalue weighted by Gasteiger charge is -2.20. The van der Waals surface area contributed by atoms with Gasteiger partial charge in [-0.25, -0.2) is 0 Å². The van der Waals surface area contributed by atoms with Gasteiger partial charge in [-0.15, -0.1) is 0 Å². The molecule has 2 nitrogen and oxygen atoms in total. The van der Waals surface area contributed by atoms with Crippen LogP contribution in [0.25, 0.3) is 0 Å². The lowest BCUT2D eigenvalue weighted by Crippen LogP contribution is -2.29. The van der Waals surface area contributed by atoms with Gasteiger partial charge in [0.2, 0.25) is 0 Å². The van der Waals surface area contributed by atoms with Crippen molar-refractivity contribution in [3.05, 3.63) is 104 Å². The molecule has 0 aromatic heterocycles. The molecule has 1 amide bonds. The molecule has 0 radical (unpaired) electrons. The van der Waals surface area contributed by atoms with Crippen molar-refractivity contribution in [1.82, 2.24) is 5.32 Å². The lowest BCUT2D eigenvalue weighted by molar-refractivity contribution is 0.0942. The maximum atomic E-state index is 12.7. The summed E-state index contributed by atoms with van der Waals surface area (Å²) in [5, 5.41) is 3.81. The minimum atomic E-state index is -0.230. The van der Waals surface area contributed by atoms with Crippen molar-refractivity contribution in [2.75, 3.05) is 0 Å². The molecule has 120 valence electrons. The van der Waals surface area contributed by atoms with Crippen molar-refractivity contribution in [3.63, 3.8) is 0 Å². The molecule has 3 rings (SSSR count). The van der Waals surface area contributed by atoms with Gasteiger partial charge in [-0.2, -0.15) is 0 Å². The van der Waals surface area contributed by atoms with Gasteiger partial charge in [0, 0.05) is 8.59 Å². The highest BCUT2D eigenvalue weighted by atomic mass is 127. The van der Waals surface area contributed by atoms with Crippen LogP contribution in [0.1, 0.15) is 27.5 Å². The Morgan fingerprint density at radius 1 is 0.833 bits per heavy atom. The summed E-state index contributed by atoms with van der Waals surface area (Å²) in [6.45, 7) is 0. The highest BCUT2D eigenvalue weighted by Gasteiger charge is 2.18. The third kappa shape index (κ3) is 3.97. The standard InChI is InChI=1S/C20H15ClINO/c21-16-12-10-15(11-13-16)19(14-6-2-1-3-7-14)23-20(24)17-8-4-5-9-18(17)22/h1-13,19H,(H,23,24)/t19-/m1/s1. The molecule has 24 heavy (non-hydrogen) atoms. The fraction of sp³-hybridized carbons (Fsp3) is 0.0500. The van der Waals surface area contributed by atoms with Crippen LogP contribution in [0.3, 0.4) is 0 Å². The van der Waals surface area contributed by atoms with Crippen LogP contribution in [0.4, 0.5) is 0 Å². The van der Waals surface area contributed by atoms with Crippen molar-refractivity contribution >= 4 is 40.1 Å². The molecule has 4 heteroatoms. The van der Waals surface area contributed by atoms with Crippen LogP contribution in [0.5, 0.6) is 0 Å². The fourth-order valence-corrected chi connectivity index (χ4v) is 3.27. The summed E-state index contributed by atoms with van der Waals surface area (Å²) in [6, 6.07) is 24.8. The molecule has 0 aliphatic carbocycles. The summed E-state index contributed by atoms with van der Waals surface area (Å²) in [5.74, 6) is -0.0937. The van der Waals surface area contributed by atoms with Gasteiger partial charge in [-0.1, -0.05) is 66.2 Å². The van der Waals surface area contributed by atoms with Gasteiger partial charge >= 0.3 is 0 Å². The third-order valence-corrected chi connectivity index (χ3v) is 4.92. The Balaban J connectivity index is 1.95. The second-order valence-corrected chi connectivity index (χ2v) is 6.95. The smallest absolute Gasteiger partial charge is 0.253 e. The number of amides is 1. The maximum Gasteiger partial charge on any atom is 0.253 e. The Kier molecular flexibility index (Phi) is 5.53. The Morgan fingerprint density at radius 2 is 1.42 bits per heavy atom. The summed E-state index contributed by atoms with van der Waals surface area (Å²) in [4.78, 5) is 12.7. The molecule has 0 aliphatic heterocycles. The van der Waals surface area contributed by atoms with E-state index in [4.69, 9.17) is 11.6 Å². The zero-order valence-corrected chi connectivity index (χ0v) is 15.7. The van der Waals surface area contributed by atoms with E-state index < -0.39 is 0 Å². The first-order valence-electron chi connectivity index (χ1n) is 7.51. The predicted molar refractivity (Wildman–Crippen MR) is 106 cm³/mol. The minimum Gasteiger partial charge on any atom is -0.341 e.